The molecular formula is C8H11N3O. The van der Waals surface area contributed by atoms with Crippen LogP contribution in [-0.2, 0) is 4.79 Å². The fourth-order valence-corrected chi connectivity index (χ4v) is 0.722. The van der Waals surface area contributed by atoms with Crippen LogP contribution >= 0.6 is 0 Å². The SMILES string of the molecule is NC(C=O)NNc1ccccc1. The van der Waals surface area contributed by atoms with E-state index in [2.05, 4.69) is 10.9 Å². The van der Waals surface area contributed by atoms with Gasteiger partial charge in [-0.2, -0.15) is 0 Å². The first-order valence-corrected chi connectivity index (χ1v) is 3.60. The zero-order valence-electron chi connectivity index (χ0n) is 6.53. The van der Waals surface area contributed by atoms with E-state index in [1.165, 1.54) is 0 Å². The molecule has 1 rings (SSSR count). The van der Waals surface area contributed by atoms with E-state index in [-0.39, 0.29) is 0 Å². The molecule has 0 amide bonds. The van der Waals surface area contributed by atoms with Crippen molar-refractivity contribution in [3.05, 3.63) is 30.3 Å². The van der Waals surface area contributed by atoms with Crippen LogP contribution in [0.4, 0.5) is 5.69 Å². The molecule has 1 atom stereocenters. The predicted molar refractivity (Wildman–Crippen MR) is 47.2 cm³/mol. The number of aldehydes is 1. The first-order valence-electron chi connectivity index (χ1n) is 3.60. The van der Waals surface area contributed by atoms with Crippen LogP contribution in [0.2, 0.25) is 0 Å². The van der Waals surface area contributed by atoms with Crippen LogP contribution in [0.25, 0.3) is 0 Å². The Balaban J connectivity index is 2.38. The Bertz CT molecular complexity index is 237. The van der Waals surface area contributed by atoms with E-state index in [1.807, 2.05) is 30.3 Å². The molecule has 0 fully saturated rings. The molecule has 4 N–H and O–H groups in total. The number of para-hydroxylation sites is 1. The van der Waals surface area contributed by atoms with Gasteiger partial charge < -0.3 is 16.0 Å². The number of carbonyl (C=O) groups is 1. The molecular weight excluding hydrogens is 154 g/mol. The molecule has 0 heterocycles. The topological polar surface area (TPSA) is 67.2 Å². The minimum atomic E-state index is -0.676. The zero-order chi connectivity index (χ0) is 8.81. The van der Waals surface area contributed by atoms with Gasteiger partial charge in [-0.05, 0) is 12.1 Å². The third kappa shape index (κ3) is 2.69. The highest BCUT2D eigenvalue weighted by atomic mass is 16.1. The molecule has 0 saturated carbocycles. The van der Waals surface area contributed by atoms with Gasteiger partial charge in [0.2, 0.25) is 0 Å². The molecule has 12 heavy (non-hydrogen) atoms. The zero-order valence-corrected chi connectivity index (χ0v) is 6.53. The second-order valence-corrected chi connectivity index (χ2v) is 2.30. The highest BCUT2D eigenvalue weighted by Gasteiger charge is 1.95. The number of benzene rings is 1. The number of carbonyl (C=O) groups excluding carboxylic acids is 1. The van der Waals surface area contributed by atoms with Crippen LogP contribution in [0.15, 0.2) is 30.3 Å². The van der Waals surface area contributed by atoms with E-state index in [9.17, 15) is 4.79 Å². The molecule has 4 nitrogen and oxygen atoms in total. The summed E-state index contributed by atoms with van der Waals surface area (Å²) in [6.45, 7) is 0. The minimum absolute atomic E-state index is 0.621. The van der Waals surface area contributed by atoms with Gasteiger partial charge in [-0.15, -0.1) is 0 Å². The molecule has 64 valence electrons. The third-order valence-corrected chi connectivity index (χ3v) is 1.30. The second kappa shape index (κ2) is 4.48. The molecule has 0 saturated heterocycles. The first-order chi connectivity index (χ1) is 5.83. The second-order valence-electron chi connectivity index (χ2n) is 2.30. The van der Waals surface area contributed by atoms with Crippen LogP contribution < -0.4 is 16.6 Å². The molecule has 0 radical (unpaired) electrons. The van der Waals surface area contributed by atoms with Crippen LogP contribution in [0.1, 0.15) is 0 Å². The fourth-order valence-electron chi connectivity index (χ4n) is 0.722. The van der Waals surface area contributed by atoms with Gasteiger partial charge in [0.05, 0.1) is 0 Å². The van der Waals surface area contributed by atoms with Crippen LogP contribution in [0.3, 0.4) is 0 Å². The summed E-state index contributed by atoms with van der Waals surface area (Å²) in [5.41, 5.74) is 11.5. The van der Waals surface area contributed by atoms with Crippen molar-refractivity contribution in [1.29, 1.82) is 0 Å². The Morgan fingerprint density at radius 2 is 2.00 bits per heavy atom. The fraction of sp³-hybridized carbons (Fsp3) is 0.125. The monoisotopic (exact) mass is 165 g/mol. The molecule has 4 heteroatoms. The number of hydrogen-bond acceptors (Lipinski definition) is 4. The number of nitrogens with one attached hydrogen (secondary N) is 2. The molecule has 0 aliphatic carbocycles. The maximum Gasteiger partial charge on any atom is 0.152 e. The van der Waals surface area contributed by atoms with Gasteiger partial charge in [0, 0.05) is 5.69 Å². The average molecular weight is 165 g/mol. The lowest BCUT2D eigenvalue weighted by molar-refractivity contribution is -0.109. The highest BCUT2D eigenvalue weighted by molar-refractivity contribution is 5.57. The molecule has 1 unspecified atom stereocenters. The molecule has 1 aromatic carbocycles. The summed E-state index contributed by atoms with van der Waals surface area (Å²) in [5.74, 6) is 0. The standard InChI is InChI=1S/C8H11N3O/c9-8(6-12)11-10-7-4-2-1-3-5-7/h1-6,8,10-11H,9H2. The van der Waals surface area contributed by atoms with Crippen molar-refractivity contribution in [3.63, 3.8) is 0 Å². The summed E-state index contributed by atoms with van der Waals surface area (Å²) in [6.07, 6.45) is -0.0548. The van der Waals surface area contributed by atoms with Crippen molar-refractivity contribution in [2.24, 2.45) is 5.73 Å². The Labute approximate surface area is 70.7 Å². The lowest BCUT2D eigenvalue weighted by Gasteiger charge is -2.09. The number of hydrogen-bond donors (Lipinski definition) is 3. The maximum absolute atomic E-state index is 10.1. The molecule has 0 aliphatic rings. The Morgan fingerprint density at radius 3 is 2.58 bits per heavy atom. The quantitative estimate of drug-likeness (QED) is 0.336. The van der Waals surface area contributed by atoms with Crippen molar-refractivity contribution in [1.82, 2.24) is 5.43 Å². The summed E-state index contributed by atoms with van der Waals surface area (Å²) < 4.78 is 0. The number of hydrazine groups is 1. The normalized spacial score (nSPS) is 12.1. The van der Waals surface area contributed by atoms with Gasteiger partial charge >= 0.3 is 0 Å². The Kier molecular flexibility index (Phi) is 3.25. The van der Waals surface area contributed by atoms with Crippen molar-refractivity contribution in [3.8, 4) is 0 Å². The summed E-state index contributed by atoms with van der Waals surface area (Å²) in [5, 5.41) is 0. The molecule has 0 bridgehead atoms. The van der Waals surface area contributed by atoms with Gasteiger partial charge in [0.1, 0.15) is 6.17 Å². The molecule has 0 spiro atoms. The Hall–Kier alpha value is -1.39. The summed E-state index contributed by atoms with van der Waals surface area (Å²) in [4.78, 5) is 10.1. The van der Waals surface area contributed by atoms with E-state index in [0.717, 1.165) is 5.69 Å². The van der Waals surface area contributed by atoms with Crippen molar-refractivity contribution >= 4 is 12.0 Å². The Morgan fingerprint density at radius 1 is 1.33 bits per heavy atom. The summed E-state index contributed by atoms with van der Waals surface area (Å²) >= 11 is 0. The number of anilines is 1. The van der Waals surface area contributed by atoms with Gasteiger partial charge in [0.15, 0.2) is 6.29 Å². The minimum Gasteiger partial charge on any atom is -0.320 e. The van der Waals surface area contributed by atoms with Gasteiger partial charge in [0.25, 0.3) is 0 Å². The van der Waals surface area contributed by atoms with Crippen molar-refractivity contribution in [2.75, 3.05) is 5.43 Å². The van der Waals surface area contributed by atoms with E-state index in [4.69, 9.17) is 5.73 Å². The largest absolute Gasteiger partial charge is 0.320 e. The first kappa shape index (κ1) is 8.70. The van der Waals surface area contributed by atoms with Crippen molar-refractivity contribution in [2.45, 2.75) is 6.17 Å². The van der Waals surface area contributed by atoms with E-state index in [1.54, 1.807) is 0 Å². The lowest BCUT2D eigenvalue weighted by atomic mass is 10.3. The van der Waals surface area contributed by atoms with Gasteiger partial charge in [-0.25, -0.2) is 5.43 Å². The third-order valence-electron chi connectivity index (χ3n) is 1.30. The smallest absolute Gasteiger partial charge is 0.152 e. The van der Waals surface area contributed by atoms with Crippen LogP contribution in [0, 0.1) is 0 Å². The maximum atomic E-state index is 10.1. The predicted octanol–water partition coefficient (Wildman–Crippen LogP) is 0.0868. The van der Waals surface area contributed by atoms with Gasteiger partial charge in [-0.1, -0.05) is 18.2 Å². The highest BCUT2D eigenvalue weighted by Crippen LogP contribution is 2.02. The average Bonchev–Trinajstić information content (AvgIpc) is 2.16. The van der Waals surface area contributed by atoms with E-state index in [0.29, 0.717) is 6.29 Å². The van der Waals surface area contributed by atoms with Crippen LogP contribution in [0.5, 0.6) is 0 Å². The van der Waals surface area contributed by atoms with Gasteiger partial charge in [-0.3, -0.25) is 0 Å². The van der Waals surface area contributed by atoms with E-state index >= 15 is 0 Å². The summed E-state index contributed by atoms with van der Waals surface area (Å²) in [7, 11) is 0. The van der Waals surface area contributed by atoms with Crippen molar-refractivity contribution < 1.29 is 4.79 Å². The van der Waals surface area contributed by atoms with Crippen LogP contribution in [-0.4, -0.2) is 12.5 Å². The summed E-state index contributed by atoms with van der Waals surface area (Å²) in [6, 6.07) is 9.41. The molecule has 1 aromatic rings. The number of nitrogens with two attached hydrogens (primary N) is 1. The lowest BCUT2D eigenvalue weighted by Crippen LogP contribution is -2.42. The number of rotatable bonds is 4. The molecule has 0 aliphatic heterocycles. The van der Waals surface area contributed by atoms with E-state index < -0.39 is 6.17 Å². The molecule has 0 aromatic heterocycles.